The first-order valence-electron chi connectivity index (χ1n) is 12.2. The first kappa shape index (κ1) is 28.3. The lowest BCUT2D eigenvalue weighted by molar-refractivity contribution is -0.173. The smallest absolute Gasteiger partial charge is 0.337 e. The van der Waals surface area contributed by atoms with Gasteiger partial charge >= 0.3 is 23.9 Å². The summed E-state index contributed by atoms with van der Waals surface area (Å²) in [4.78, 5) is 49.2. The van der Waals surface area contributed by atoms with Gasteiger partial charge in [0.15, 0.2) is 0 Å². The van der Waals surface area contributed by atoms with E-state index in [1.165, 1.54) is 19.1 Å². The normalized spacial score (nSPS) is 31.5. The minimum absolute atomic E-state index is 0.0617. The lowest BCUT2D eigenvalue weighted by Gasteiger charge is -2.51. The summed E-state index contributed by atoms with van der Waals surface area (Å²) >= 11 is 0. The number of carbonyl (C=O) groups excluding carboxylic acids is 4. The van der Waals surface area contributed by atoms with Gasteiger partial charge in [0.25, 0.3) is 0 Å². The Labute approximate surface area is 215 Å². The molecule has 1 saturated carbocycles. The van der Waals surface area contributed by atoms with Gasteiger partial charge in [0.05, 0.1) is 29.8 Å². The van der Waals surface area contributed by atoms with Crippen LogP contribution in [-0.2, 0) is 38.1 Å². The fourth-order valence-electron chi connectivity index (χ4n) is 5.46. The molecule has 202 valence electrons. The zero-order valence-electron chi connectivity index (χ0n) is 21.5. The minimum atomic E-state index is -1.08. The van der Waals surface area contributed by atoms with Crippen molar-refractivity contribution in [3.8, 4) is 0 Å². The summed E-state index contributed by atoms with van der Waals surface area (Å²) in [6, 6.07) is 0. The Bertz CT molecular complexity index is 1070. The van der Waals surface area contributed by atoms with Crippen LogP contribution in [0, 0.1) is 17.8 Å². The summed E-state index contributed by atoms with van der Waals surface area (Å²) in [6.07, 6.45) is 3.75. The van der Waals surface area contributed by atoms with Gasteiger partial charge in [0.2, 0.25) is 0 Å². The molecule has 2 aliphatic carbocycles. The second-order valence-corrected chi connectivity index (χ2v) is 9.73. The number of hydrogen-bond acceptors (Lipinski definition) is 10. The molecule has 10 heteroatoms. The molecule has 0 unspecified atom stereocenters. The van der Waals surface area contributed by atoms with Gasteiger partial charge in [-0.05, 0) is 50.3 Å². The molecule has 0 amide bonds. The number of aliphatic hydroxyl groups is 2. The topological polar surface area (TPSA) is 146 Å². The molecular weight excluding hydrogens is 484 g/mol. The average molecular weight is 519 g/mol. The van der Waals surface area contributed by atoms with E-state index in [1.807, 2.05) is 6.92 Å². The second-order valence-electron chi connectivity index (χ2n) is 9.73. The highest BCUT2D eigenvalue weighted by Gasteiger charge is 2.64. The van der Waals surface area contributed by atoms with Gasteiger partial charge in [-0.3, -0.25) is 4.79 Å². The molecule has 2 N–H and O–H groups in total. The Morgan fingerprint density at radius 2 is 1.86 bits per heavy atom. The third kappa shape index (κ3) is 5.70. The molecule has 6 atom stereocenters. The van der Waals surface area contributed by atoms with Crippen molar-refractivity contribution >= 4 is 23.9 Å². The molecule has 10 nitrogen and oxygen atoms in total. The first-order chi connectivity index (χ1) is 17.4. The van der Waals surface area contributed by atoms with E-state index in [2.05, 4.69) is 6.58 Å². The lowest BCUT2D eigenvalue weighted by atomic mass is 9.57. The molecule has 0 aromatic carbocycles. The number of esters is 4. The molecule has 3 aliphatic rings. The Kier molecular flexibility index (Phi) is 8.76. The Hall–Kier alpha value is -3.24. The predicted molar refractivity (Wildman–Crippen MR) is 130 cm³/mol. The molecule has 1 spiro atoms. The van der Waals surface area contributed by atoms with E-state index in [9.17, 15) is 29.4 Å². The van der Waals surface area contributed by atoms with Crippen LogP contribution in [0.1, 0.15) is 40.5 Å². The van der Waals surface area contributed by atoms with Gasteiger partial charge < -0.3 is 29.2 Å². The minimum Gasteiger partial charge on any atom is -0.461 e. The molecular formula is C27H34O10. The summed E-state index contributed by atoms with van der Waals surface area (Å²) in [6.45, 7) is 9.13. The van der Waals surface area contributed by atoms with Crippen molar-refractivity contribution in [1.82, 2.24) is 0 Å². The van der Waals surface area contributed by atoms with Gasteiger partial charge in [-0.15, -0.1) is 0 Å². The van der Waals surface area contributed by atoms with E-state index >= 15 is 0 Å². The van der Waals surface area contributed by atoms with Gasteiger partial charge in [0, 0.05) is 18.4 Å². The third-order valence-electron chi connectivity index (χ3n) is 7.35. The molecule has 0 radical (unpaired) electrons. The second kappa shape index (κ2) is 11.4. The van der Waals surface area contributed by atoms with Crippen molar-refractivity contribution in [2.45, 2.75) is 58.3 Å². The van der Waals surface area contributed by atoms with Crippen LogP contribution in [0.5, 0.6) is 0 Å². The molecule has 1 heterocycles. The van der Waals surface area contributed by atoms with Crippen LogP contribution in [0.4, 0.5) is 0 Å². The third-order valence-corrected chi connectivity index (χ3v) is 7.35. The van der Waals surface area contributed by atoms with Crippen molar-refractivity contribution in [1.29, 1.82) is 0 Å². The van der Waals surface area contributed by atoms with Crippen LogP contribution in [0.15, 0.2) is 47.1 Å². The monoisotopic (exact) mass is 518 g/mol. The average Bonchev–Trinajstić information content (AvgIpc) is 3.08. The summed E-state index contributed by atoms with van der Waals surface area (Å²) in [5.74, 6) is -3.64. The van der Waals surface area contributed by atoms with Gasteiger partial charge in [-0.2, -0.15) is 0 Å². The van der Waals surface area contributed by atoms with Gasteiger partial charge in [-0.25, -0.2) is 14.4 Å². The molecule has 3 rings (SSSR count). The number of allylic oxidation sites excluding steroid dienone is 1. The quantitative estimate of drug-likeness (QED) is 0.211. The number of hydrogen-bond donors (Lipinski definition) is 2. The Balaban J connectivity index is 1.78. The Morgan fingerprint density at radius 3 is 2.49 bits per heavy atom. The molecule has 0 aromatic rings. The largest absolute Gasteiger partial charge is 0.461 e. The molecule has 2 fully saturated rings. The molecule has 1 aliphatic heterocycles. The number of ether oxygens (including phenoxy) is 4. The number of aliphatic hydroxyl groups excluding tert-OH is 2. The molecule has 1 saturated heterocycles. The summed E-state index contributed by atoms with van der Waals surface area (Å²) in [5.41, 5.74) is -0.225. The predicted octanol–water partition coefficient (Wildman–Crippen LogP) is 1.70. The highest BCUT2D eigenvalue weighted by molar-refractivity contribution is 5.93. The highest BCUT2D eigenvalue weighted by Crippen LogP contribution is 2.56. The van der Waals surface area contributed by atoms with Crippen LogP contribution in [0.2, 0.25) is 0 Å². The maximum absolute atomic E-state index is 13.1. The maximum atomic E-state index is 13.1. The molecule has 0 bridgehead atoms. The fourth-order valence-corrected chi connectivity index (χ4v) is 5.46. The van der Waals surface area contributed by atoms with E-state index in [0.29, 0.717) is 18.4 Å². The Morgan fingerprint density at radius 1 is 1.19 bits per heavy atom. The van der Waals surface area contributed by atoms with E-state index in [0.717, 1.165) is 0 Å². The number of rotatable bonds is 8. The van der Waals surface area contributed by atoms with Crippen molar-refractivity contribution in [2.75, 3.05) is 19.8 Å². The highest BCUT2D eigenvalue weighted by atomic mass is 16.6. The van der Waals surface area contributed by atoms with Crippen LogP contribution in [-0.4, -0.2) is 71.7 Å². The van der Waals surface area contributed by atoms with E-state index < -0.39 is 60.8 Å². The number of carbonyl (C=O) groups is 4. The van der Waals surface area contributed by atoms with Gasteiger partial charge in [-0.1, -0.05) is 19.6 Å². The van der Waals surface area contributed by atoms with E-state index in [1.54, 1.807) is 19.9 Å². The lowest BCUT2D eigenvalue weighted by Crippen LogP contribution is -2.57. The molecule has 37 heavy (non-hydrogen) atoms. The summed E-state index contributed by atoms with van der Waals surface area (Å²) in [5, 5.41) is 19.9. The van der Waals surface area contributed by atoms with Crippen LogP contribution >= 0.6 is 0 Å². The van der Waals surface area contributed by atoms with Crippen molar-refractivity contribution < 1.29 is 48.3 Å². The van der Waals surface area contributed by atoms with Crippen LogP contribution < -0.4 is 0 Å². The van der Waals surface area contributed by atoms with Gasteiger partial charge in [0.1, 0.15) is 24.9 Å². The fraction of sp³-hybridized carbons (Fsp3) is 0.556. The standard InChI is InChI=1S/C27H34O10/c1-6-18(12-34-17(5)29)25(32)35-13-19(7-8-28)26(33)36-22-9-14(2)20-10-21(30)15(3)11-27(20)23(22)16(4)24(31)37-27/h6-7,11,14,20-23,28,30H,4,8-10,12-13H2,1-3,5H3/b18-6+,19-7+/t14-,20-,21+,22-,23-,27+/m1/s1. The van der Waals surface area contributed by atoms with Crippen molar-refractivity contribution in [3.63, 3.8) is 0 Å². The zero-order valence-corrected chi connectivity index (χ0v) is 21.5. The van der Waals surface area contributed by atoms with E-state index in [4.69, 9.17) is 18.9 Å². The van der Waals surface area contributed by atoms with Crippen molar-refractivity contribution in [3.05, 3.63) is 47.1 Å². The van der Waals surface area contributed by atoms with E-state index in [-0.39, 0.29) is 35.2 Å². The van der Waals surface area contributed by atoms with Crippen molar-refractivity contribution in [2.24, 2.45) is 17.8 Å². The summed E-state index contributed by atoms with van der Waals surface area (Å²) in [7, 11) is 0. The molecule has 0 aromatic heterocycles. The maximum Gasteiger partial charge on any atom is 0.337 e. The first-order valence-corrected chi connectivity index (χ1v) is 12.2. The van der Waals surface area contributed by atoms with Crippen LogP contribution in [0.3, 0.4) is 0 Å². The SMILES string of the molecule is C=C1C(=O)O[C@@]23C=C(C)[C@@H](O)C[C@@H]2[C@H](C)C[C@@H](OC(=O)/C(=C/CO)COC(=O)/C(=C/C)COC(C)=O)[C@@H]13. The van der Waals surface area contributed by atoms with Crippen LogP contribution in [0.25, 0.3) is 0 Å². The zero-order chi connectivity index (χ0) is 27.5. The summed E-state index contributed by atoms with van der Waals surface area (Å²) < 4.78 is 21.7.